The summed E-state index contributed by atoms with van der Waals surface area (Å²) in [6.45, 7) is 5.60. The molecule has 3 heterocycles. The Balaban J connectivity index is 1.97. The number of rotatable bonds is 2. The average Bonchev–Trinajstić information content (AvgIpc) is 2.16. The first kappa shape index (κ1) is 10.3. The number of piperidine rings is 3. The van der Waals surface area contributed by atoms with E-state index in [2.05, 4.69) is 10.2 Å². The van der Waals surface area contributed by atoms with Crippen LogP contribution < -0.4 is 5.32 Å². The Hall–Kier alpha value is -0.190. The summed E-state index contributed by atoms with van der Waals surface area (Å²) in [6.07, 6.45) is 2.27. The van der Waals surface area contributed by atoms with E-state index in [9.17, 15) is 5.11 Å². The molecule has 3 aliphatic heterocycles. The van der Waals surface area contributed by atoms with Gasteiger partial charge < -0.3 is 15.3 Å². The number of hydrogen-bond acceptors (Lipinski definition) is 3. The van der Waals surface area contributed by atoms with Crippen molar-refractivity contribution in [3.8, 4) is 0 Å². The van der Waals surface area contributed by atoms with Crippen LogP contribution in [0, 0.1) is 5.92 Å². The van der Waals surface area contributed by atoms with Gasteiger partial charge in [-0.2, -0.15) is 0 Å². The second kappa shape index (κ2) is 3.76. The predicted octanol–water partition coefficient (Wildman–Crippen LogP) is 0.380. The van der Waals surface area contributed by atoms with Crippen LogP contribution in [0.5, 0.6) is 0 Å². The molecule has 0 aromatic carbocycles. The van der Waals surface area contributed by atoms with Gasteiger partial charge in [0.05, 0.1) is 10.6 Å². The first-order valence-electron chi connectivity index (χ1n) is 5.29. The van der Waals surface area contributed by atoms with Crippen LogP contribution in [-0.4, -0.2) is 46.8 Å². The summed E-state index contributed by atoms with van der Waals surface area (Å²) in [5, 5.41) is 13.5. The lowest BCUT2D eigenvalue weighted by molar-refractivity contribution is -0.107. The maximum Gasteiger partial charge on any atom is 0.0974 e. The monoisotopic (exact) mass is 214 g/mol. The zero-order valence-corrected chi connectivity index (χ0v) is 9.44. The summed E-state index contributed by atoms with van der Waals surface area (Å²) >= 11 is 4.96. The Morgan fingerprint density at radius 2 is 2.21 bits per heavy atom. The third-order valence-corrected chi connectivity index (χ3v) is 3.63. The van der Waals surface area contributed by atoms with Crippen molar-refractivity contribution in [1.29, 1.82) is 0 Å². The summed E-state index contributed by atoms with van der Waals surface area (Å²) in [7, 11) is 0. The highest BCUT2D eigenvalue weighted by molar-refractivity contribution is 7.80. The first-order chi connectivity index (χ1) is 6.60. The van der Waals surface area contributed by atoms with Gasteiger partial charge in [-0.15, -0.1) is 0 Å². The smallest absolute Gasteiger partial charge is 0.0974 e. The third kappa shape index (κ3) is 1.92. The fraction of sp³-hybridized carbons (Fsp3) is 0.900. The van der Waals surface area contributed by atoms with Gasteiger partial charge in [0.25, 0.3) is 0 Å². The van der Waals surface area contributed by atoms with Crippen molar-refractivity contribution in [1.82, 2.24) is 10.2 Å². The molecule has 80 valence electrons. The maximum atomic E-state index is 10.4. The van der Waals surface area contributed by atoms with Gasteiger partial charge in [0.2, 0.25) is 0 Å². The predicted molar refractivity (Wildman–Crippen MR) is 60.4 cm³/mol. The lowest BCUT2D eigenvalue weighted by Crippen LogP contribution is -2.63. The van der Waals surface area contributed by atoms with Crippen LogP contribution in [0.25, 0.3) is 0 Å². The minimum Gasteiger partial charge on any atom is -0.386 e. The van der Waals surface area contributed by atoms with Gasteiger partial charge in [0.1, 0.15) is 0 Å². The Morgan fingerprint density at radius 3 is 2.64 bits per heavy atom. The molecule has 2 bridgehead atoms. The number of fused-ring (bicyclic) bond motifs is 3. The van der Waals surface area contributed by atoms with Crippen LogP contribution in [0.1, 0.15) is 19.8 Å². The molecule has 0 spiro atoms. The molecule has 0 radical (unpaired) electrons. The fourth-order valence-corrected chi connectivity index (χ4v) is 2.69. The van der Waals surface area contributed by atoms with Crippen molar-refractivity contribution in [2.75, 3.05) is 26.2 Å². The molecule has 4 heteroatoms. The molecule has 0 amide bonds. The molecular formula is C10H18N2OS. The van der Waals surface area contributed by atoms with Crippen molar-refractivity contribution < 1.29 is 5.11 Å². The molecule has 1 atom stereocenters. The van der Waals surface area contributed by atoms with Crippen LogP contribution in [-0.2, 0) is 0 Å². The Morgan fingerprint density at radius 1 is 1.57 bits per heavy atom. The van der Waals surface area contributed by atoms with Crippen LogP contribution >= 0.6 is 12.2 Å². The van der Waals surface area contributed by atoms with E-state index >= 15 is 0 Å². The van der Waals surface area contributed by atoms with Crippen LogP contribution in [0.4, 0.5) is 0 Å². The summed E-state index contributed by atoms with van der Waals surface area (Å²) < 4.78 is 0. The zero-order valence-electron chi connectivity index (χ0n) is 8.62. The molecule has 3 fully saturated rings. The largest absolute Gasteiger partial charge is 0.386 e. The molecule has 0 aliphatic carbocycles. The standard InChI is InChI=1S/C10H18N2OS/c1-8(14)11-6-10(13)7-12-4-2-9(10)3-5-12/h9,13H,2-7H2,1H3,(H,11,14)/t10-/m0/s1. The van der Waals surface area contributed by atoms with E-state index in [1.807, 2.05) is 6.92 Å². The Bertz CT molecular complexity index is 238. The SMILES string of the molecule is CC(=S)NC[C@]1(O)CN2CCC1CC2. The lowest BCUT2D eigenvalue weighted by atomic mass is 9.75. The van der Waals surface area contributed by atoms with E-state index in [0.717, 1.165) is 37.5 Å². The third-order valence-electron chi connectivity index (χ3n) is 3.49. The summed E-state index contributed by atoms with van der Waals surface area (Å²) in [5.41, 5.74) is -0.545. The minimum absolute atomic E-state index is 0.467. The lowest BCUT2D eigenvalue weighted by Gasteiger charge is -2.50. The zero-order chi connectivity index (χ0) is 10.2. The van der Waals surface area contributed by atoms with E-state index in [4.69, 9.17) is 12.2 Å². The molecule has 0 aromatic heterocycles. The van der Waals surface area contributed by atoms with Crippen molar-refractivity contribution >= 4 is 17.2 Å². The van der Waals surface area contributed by atoms with Crippen molar-refractivity contribution in [3.63, 3.8) is 0 Å². The highest BCUT2D eigenvalue weighted by Crippen LogP contribution is 2.35. The van der Waals surface area contributed by atoms with E-state index in [-0.39, 0.29) is 0 Å². The van der Waals surface area contributed by atoms with Gasteiger partial charge in [0.15, 0.2) is 0 Å². The molecule has 0 aromatic rings. The molecule has 3 aliphatic rings. The molecule has 0 unspecified atom stereocenters. The van der Waals surface area contributed by atoms with E-state index in [1.165, 1.54) is 0 Å². The number of aliphatic hydroxyl groups is 1. The van der Waals surface area contributed by atoms with Gasteiger partial charge in [-0.25, -0.2) is 0 Å². The second-order valence-corrected chi connectivity index (χ2v) is 5.18. The fourth-order valence-electron chi connectivity index (χ4n) is 2.62. The number of thiocarbonyl (C=S) groups is 1. The second-order valence-electron chi connectivity index (χ2n) is 4.56. The number of nitrogens with zero attached hydrogens (tertiary/aromatic N) is 1. The average molecular weight is 214 g/mol. The molecule has 2 N–H and O–H groups in total. The van der Waals surface area contributed by atoms with Crippen LogP contribution in [0.3, 0.4) is 0 Å². The molecule has 3 nitrogen and oxygen atoms in total. The molecule has 0 saturated carbocycles. The van der Waals surface area contributed by atoms with Crippen LogP contribution in [0.15, 0.2) is 0 Å². The molecule has 3 rings (SSSR count). The highest BCUT2D eigenvalue weighted by Gasteiger charge is 2.44. The van der Waals surface area contributed by atoms with Crippen molar-refractivity contribution in [2.24, 2.45) is 5.92 Å². The minimum atomic E-state index is -0.545. The summed E-state index contributed by atoms with van der Waals surface area (Å²) in [6, 6.07) is 0. The van der Waals surface area contributed by atoms with Crippen molar-refractivity contribution in [3.05, 3.63) is 0 Å². The topological polar surface area (TPSA) is 35.5 Å². The maximum absolute atomic E-state index is 10.4. The highest BCUT2D eigenvalue weighted by atomic mass is 32.1. The summed E-state index contributed by atoms with van der Waals surface area (Å²) in [4.78, 5) is 3.12. The first-order valence-corrected chi connectivity index (χ1v) is 5.70. The van der Waals surface area contributed by atoms with Gasteiger partial charge in [-0.3, -0.25) is 0 Å². The Kier molecular flexibility index (Phi) is 2.77. The van der Waals surface area contributed by atoms with Gasteiger partial charge in [-0.1, -0.05) is 12.2 Å². The van der Waals surface area contributed by atoms with Gasteiger partial charge >= 0.3 is 0 Å². The normalized spacial score (nSPS) is 41.0. The Labute approximate surface area is 90.5 Å². The number of nitrogens with one attached hydrogen (secondary N) is 1. The molecular weight excluding hydrogens is 196 g/mol. The van der Waals surface area contributed by atoms with E-state index in [1.54, 1.807) is 0 Å². The van der Waals surface area contributed by atoms with E-state index in [0.29, 0.717) is 12.5 Å². The van der Waals surface area contributed by atoms with Gasteiger partial charge in [0, 0.05) is 13.1 Å². The summed E-state index contributed by atoms with van der Waals surface area (Å²) in [5.74, 6) is 0.467. The number of hydrogen-bond donors (Lipinski definition) is 2. The molecule has 14 heavy (non-hydrogen) atoms. The van der Waals surface area contributed by atoms with E-state index < -0.39 is 5.60 Å². The quantitative estimate of drug-likeness (QED) is 0.652. The molecule has 3 saturated heterocycles. The van der Waals surface area contributed by atoms with Crippen molar-refractivity contribution in [2.45, 2.75) is 25.4 Å². The van der Waals surface area contributed by atoms with Crippen LogP contribution in [0.2, 0.25) is 0 Å². The van der Waals surface area contributed by atoms with Gasteiger partial charge in [-0.05, 0) is 38.8 Å².